The van der Waals surface area contributed by atoms with Crippen LogP contribution in [0.4, 0.5) is 5.69 Å². The van der Waals surface area contributed by atoms with Gasteiger partial charge >= 0.3 is 0 Å². The van der Waals surface area contributed by atoms with Crippen LogP contribution >= 0.6 is 0 Å². The van der Waals surface area contributed by atoms with Crippen LogP contribution < -0.4 is 10.6 Å². The lowest BCUT2D eigenvalue weighted by molar-refractivity contribution is -0.115. The number of carbonyl (C=O) groups excluding carboxylic acids is 2. The van der Waals surface area contributed by atoms with Crippen molar-refractivity contribution in [3.05, 3.63) is 64.7 Å². The Balaban J connectivity index is 1.93. The monoisotopic (exact) mass is 306 g/mol. The maximum Gasteiger partial charge on any atom is 0.251 e. The minimum atomic E-state index is -0.308. The van der Waals surface area contributed by atoms with Crippen LogP contribution in [0.1, 0.15) is 27.0 Å². The Bertz CT molecular complexity index is 768. The zero-order chi connectivity index (χ0) is 16.8. The zero-order valence-corrected chi connectivity index (χ0v) is 13.1. The molecule has 0 spiro atoms. The molecule has 2 amide bonds. The number of hydrogen-bond acceptors (Lipinski definition) is 2. The molecular weight excluding hydrogens is 288 g/mol. The summed E-state index contributed by atoms with van der Waals surface area (Å²) in [6.45, 7) is 3.75. The second kappa shape index (κ2) is 7.28. The molecular formula is C19H18N2O2. The molecule has 0 aliphatic heterocycles. The van der Waals surface area contributed by atoms with Gasteiger partial charge in [0.25, 0.3) is 5.91 Å². The first-order chi connectivity index (χ1) is 11.0. The van der Waals surface area contributed by atoms with Gasteiger partial charge in [-0.25, -0.2) is 0 Å². The Hall–Kier alpha value is -3.06. The Morgan fingerprint density at radius 3 is 2.43 bits per heavy atom. The van der Waals surface area contributed by atoms with E-state index in [1.54, 1.807) is 36.4 Å². The van der Waals surface area contributed by atoms with Crippen LogP contribution in [0.25, 0.3) is 0 Å². The molecule has 0 bridgehead atoms. The molecule has 0 fully saturated rings. The fraction of sp³-hybridized carbons (Fsp3) is 0.158. The number of carbonyl (C=O) groups is 2. The largest absolute Gasteiger partial charge is 0.343 e. The van der Waals surface area contributed by atoms with Crippen molar-refractivity contribution in [2.45, 2.75) is 13.8 Å². The predicted molar refractivity (Wildman–Crippen MR) is 91.3 cm³/mol. The van der Waals surface area contributed by atoms with Gasteiger partial charge < -0.3 is 10.6 Å². The smallest absolute Gasteiger partial charge is 0.251 e. The molecule has 2 aromatic carbocycles. The van der Waals surface area contributed by atoms with Crippen LogP contribution in [0.5, 0.6) is 0 Å². The average molecular weight is 306 g/mol. The molecule has 4 nitrogen and oxygen atoms in total. The van der Waals surface area contributed by atoms with Gasteiger partial charge in [-0.05, 0) is 44.2 Å². The molecule has 4 heteroatoms. The molecule has 0 radical (unpaired) electrons. The number of nitrogens with one attached hydrogen (secondary N) is 2. The highest BCUT2D eigenvalue weighted by Gasteiger charge is 2.09. The van der Waals surface area contributed by atoms with Crippen molar-refractivity contribution in [2.75, 3.05) is 11.9 Å². The van der Waals surface area contributed by atoms with Gasteiger partial charge in [-0.2, -0.15) is 0 Å². The summed E-state index contributed by atoms with van der Waals surface area (Å²) in [6.07, 6.45) is 5.32. The number of hydrogen-bond donors (Lipinski definition) is 2. The Morgan fingerprint density at radius 1 is 1.09 bits per heavy atom. The summed E-state index contributed by atoms with van der Waals surface area (Å²) in [5.74, 6) is 1.92. The van der Waals surface area contributed by atoms with Crippen molar-refractivity contribution in [3.63, 3.8) is 0 Å². The van der Waals surface area contributed by atoms with Gasteiger partial charge in [0.15, 0.2) is 0 Å². The highest BCUT2D eigenvalue weighted by molar-refractivity contribution is 5.99. The van der Waals surface area contributed by atoms with Crippen molar-refractivity contribution in [1.82, 2.24) is 5.32 Å². The molecule has 0 saturated heterocycles. The summed E-state index contributed by atoms with van der Waals surface area (Å²) in [5.41, 5.74) is 3.84. The van der Waals surface area contributed by atoms with Gasteiger partial charge in [0, 0.05) is 16.8 Å². The fourth-order valence-electron chi connectivity index (χ4n) is 2.26. The molecule has 0 aliphatic carbocycles. The lowest BCUT2D eigenvalue weighted by atomic mass is 10.1. The molecule has 0 heterocycles. The van der Waals surface area contributed by atoms with E-state index in [9.17, 15) is 9.59 Å². The number of terminal acetylenes is 1. The van der Waals surface area contributed by atoms with Crippen molar-refractivity contribution in [2.24, 2.45) is 0 Å². The molecule has 116 valence electrons. The molecule has 0 unspecified atom stereocenters. The molecule has 2 aromatic rings. The van der Waals surface area contributed by atoms with E-state index in [1.165, 1.54) is 0 Å². The predicted octanol–water partition coefficient (Wildman–Crippen LogP) is 2.65. The first-order valence-electron chi connectivity index (χ1n) is 7.21. The van der Waals surface area contributed by atoms with Crippen LogP contribution in [0.15, 0.2) is 42.5 Å². The molecule has 0 saturated carbocycles. The van der Waals surface area contributed by atoms with E-state index in [2.05, 4.69) is 16.6 Å². The number of benzene rings is 2. The zero-order valence-electron chi connectivity index (χ0n) is 13.1. The number of aryl methyl sites for hydroxylation is 2. The lowest BCUT2D eigenvalue weighted by Gasteiger charge is -2.08. The molecule has 0 atom stereocenters. The van der Waals surface area contributed by atoms with E-state index in [0.717, 1.165) is 11.1 Å². The SMILES string of the molecule is C#Cc1cccc(NC(=O)CNC(=O)c2cc(C)cc(C)c2)c1. The highest BCUT2D eigenvalue weighted by atomic mass is 16.2. The summed E-state index contributed by atoms with van der Waals surface area (Å²) < 4.78 is 0. The van der Waals surface area contributed by atoms with E-state index < -0.39 is 0 Å². The second-order valence-electron chi connectivity index (χ2n) is 5.33. The van der Waals surface area contributed by atoms with Crippen LogP contribution in [0, 0.1) is 26.2 Å². The van der Waals surface area contributed by atoms with Gasteiger partial charge in [-0.3, -0.25) is 9.59 Å². The molecule has 0 aromatic heterocycles. The first-order valence-corrected chi connectivity index (χ1v) is 7.21. The van der Waals surface area contributed by atoms with Crippen LogP contribution in [-0.2, 0) is 4.79 Å². The average Bonchev–Trinajstić information content (AvgIpc) is 2.51. The van der Waals surface area contributed by atoms with E-state index >= 15 is 0 Å². The third-order valence-electron chi connectivity index (χ3n) is 3.21. The van der Waals surface area contributed by atoms with Gasteiger partial charge in [0.05, 0.1) is 6.54 Å². The van der Waals surface area contributed by atoms with Crippen LogP contribution in [0.2, 0.25) is 0 Å². The number of amides is 2. The fourth-order valence-corrected chi connectivity index (χ4v) is 2.26. The molecule has 2 N–H and O–H groups in total. The number of rotatable bonds is 4. The summed E-state index contributed by atoms with van der Waals surface area (Å²) in [6, 6.07) is 12.5. The Labute approximate surface area is 135 Å². The van der Waals surface area contributed by atoms with Crippen molar-refractivity contribution >= 4 is 17.5 Å². The van der Waals surface area contributed by atoms with Gasteiger partial charge in [0.1, 0.15) is 0 Å². The molecule has 0 aliphatic rings. The summed E-state index contributed by atoms with van der Waals surface area (Å²) in [4.78, 5) is 24.0. The van der Waals surface area contributed by atoms with Crippen LogP contribution in [0.3, 0.4) is 0 Å². The van der Waals surface area contributed by atoms with Crippen molar-refractivity contribution in [3.8, 4) is 12.3 Å². The normalized spacial score (nSPS) is 9.78. The lowest BCUT2D eigenvalue weighted by Crippen LogP contribution is -2.32. The topological polar surface area (TPSA) is 58.2 Å². The van der Waals surface area contributed by atoms with Gasteiger partial charge in [0.2, 0.25) is 5.91 Å². The maximum atomic E-state index is 12.1. The van der Waals surface area contributed by atoms with E-state index in [-0.39, 0.29) is 18.4 Å². The maximum absolute atomic E-state index is 12.1. The minimum absolute atomic E-state index is 0.105. The molecule has 23 heavy (non-hydrogen) atoms. The first kappa shape index (κ1) is 16.3. The molecule has 2 rings (SSSR count). The standard InChI is InChI=1S/C19H18N2O2/c1-4-15-6-5-7-17(11-15)21-18(22)12-20-19(23)16-9-13(2)8-14(3)10-16/h1,5-11H,12H2,2-3H3,(H,20,23)(H,21,22). The van der Waals surface area contributed by atoms with Crippen molar-refractivity contribution in [1.29, 1.82) is 0 Å². The van der Waals surface area contributed by atoms with E-state index in [4.69, 9.17) is 6.42 Å². The number of anilines is 1. The minimum Gasteiger partial charge on any atom is -0.343 e. The van der Waals surface area contributed by atoms with E-state index in [1.807, 2.05) is 19.9 Å². The highest BCUT2D eigenvalue weighted by Crippen LogP contribution is 2.10. The van der Waals surface area contributed by atoms with Crippen molar-refractivity contribution < 1.29 is 9.59 Å². The summed E-state index contributed by atoms with van der Waals surface area (Å²) >= 11 is 0. The summed E-state index contributed by atoms with van der Waals surface area (Å²) in [7, 11) is 0. The van der Waals surface area contributed by atoms with Gasteiger partial charge in [-0.15, -0.1) is 6.42 Å². The Morgan fingerprint density at radius 2 is 1.78 bits per heavy atom. The van der Waals surface area contributed by atoms with Crippen LogP contribution in [-0.4, -0.2) is 18.4 Å². The van der Waals surface area contributed by atoms with Gasteiger partial charge in [-0.1, -0.05) is 29.2 Å². The Kier molecular flexibility index (Phi) is 5.16. The third kappa shape index (κ3) is 4.72. The second-order valence-corrected chi connectivity index (χ2v) is 5.33. The van der Waals surface area contributed by atoms with E-state index in [0.29, 0.717) is 16.8 Å². The summed E-state index contributed by atoms with van der Waals surface area (Å²) in [5, 5.41) is 5.31. The quantitative estimate of drug-likeness (QED) is 0.853. The third-order valence-corrected chi connectivity index (χ3v) is 3.21.